The Bertz CT molecular complexity index is 706. The Kier molecular flexibility index (Phi) is 3.22. The molecule has 0 fully saturated rings. The summed E-state index contributed by atoms with van der Waals surface area (Å²) in [5.74, 6) is 0. The van der Waals surface area contributed by atoms with Crippen LogP contribution in [-0.4, -0.2) is 4.98 Å². The molecular formula is C14H11IN2S. The molecule has 18 heavy (non-hydrogen) atoms. The number of hydrogen-bond donors (Lipinski definition) is 1. The van der Waals surface area contributed by atoms with Gasteiger partial charge in [0.1, 0.15) is 0 Å². The molecule has 3 rings (SSSR count). The number of fused-ring (bicyclic) bond motifs is 1. The molecule has 1 N–H and O–H groups in total. The van der Waals surface area contributed by atoms with Gasteiger partial charge >= 0.3 is 0 Å². The van der Waals surface area contributed by atoms with Gasteiger partial charge in [-0.25, -0.2) is 4.98 Å². The molecule has 90 valence electrons. The van der Waals surface area contributed by atoms with Crippen LogP contribution in [0.1, 0.15) is 5.56 Å². The highest BCUT2D eigenvalue weighted by molar-refractivity contribution is 14.1. The fourth-order valence-corrected chi connectivity index (χ4v) is 3.19. The lowest BCUT2D eigenvalue weighted by Gasteiger charge is -2.01. The van der Waals surface area contributed by atoms with Crippen LogP contribution in [-0.2, 0) is 0 Å². The molecule has 2 nitrogen and oxygen atoms in total. The summed E-state index contributed by atoms with van der Waals surface area (Å²) in [6, 6.07) is 14.6. The molecule has 2 aromatic carbocycles. The van der Waals surface area contributed by atoms with E-state index in [1.54, 1.807) is 11.3 Å². The minimum Gasteiger partial charge on any atom is -0.331 e. The van der Waals surface area contributed by atoms with Crippen LogP contribution in [0.4, 0.5) is 10.8 Å². The molecule has 1 heterocycles. The molecular weight excluding hydrogens is 355 g/mol. The van der Waals surface area contributed by atoms with Crippen LogP contribution in [0.2, 0.25) is 0 Å². The lowest BCUT2D eigenvalue weighted by molar-refractivity contribution is 1.42. The summed E-state index contributed by atoms with van der Waals surface area (Å²) >= 11 is 3.99. The van der Waals surface area contributed by atoms with Crippen molar-refractivity contribution >= 4 is 55.0 Å². The zero-order valence-electron chi connectivity index (χ0n) is 9.77. The normalized spacial score (nSPS) is 10.8. The second-order valence-electron chi connectivity index (χ2n) is 4.13. The average molecular weight is 366 g/mol. The molecule has 4 heteroatoms. The zero-order valence-corrected chi connectivity index (χ0v) is 12.7. The highest BCUT2D eigenvalue weighted by Crippen LogP contribution is 2.29. The van der Waals surface area contributed by atoms with Gasteiger partial charge in [0.05, 0.1) is 10.2 Å². The predicted molar refractivity (Wildman–Crippen MR) is 86.8 cm³/mol. The van der Waals surface area contributed by atoms with Crippen LogP contribution in [0.15, 0.2) is 42.5 Å². The summed E-state index contributed by atoms with van der Waals surface area (Å²) in [5.41, 5.74) is 3.39. The van der Waals surface area contributed by atoms with Crippen molar-refractivity contribution in [2.24, 2.45) is 0 Å². The second-order valence-corrected chi connectivity index (χ2v) is 6.40. The van der Waals surface area contributed by atoms with E-state index < -0.39 is 0 Å². The third kappa shape index (κ3) is 2.49. The van der Waals surface area contributed by atoms with Gasteiger partial charge in [-0.15, -0.1) is 0 Å². The average Bonchev–Trinajstić information content (AvgIpc) is 2.70. The minimum atomic E-state index is 0.942. The third-order valence-electron chi connectivity index (χ3n) is 2.62. The first-order chi connectivity index (χ1) is 8.70. The van der Waals surface area contributed by atoms with E-state index in [1.165, 1.54) is 13.8 Å². The van der Waals surface area contributed by atoms with E-state index >= 15 is 0 Å². The van der Waals surface area contributed by atoms with Crippen molar-refractivity contribution in [3.63, 3.8) is 0 Å². The van der Waals surface area contributed by atoms with Crippen LogP contribution in [0.3, 0.4) is 0 Å². The molecule has 0 aliphatic heterocycles. The van der Waals surface area contributed by atoms with E-state index in [-0.39, 0.29) is 0 Å². The van der Waals surface area contributed by atoms with Crippen molar-refractivity contribution in [1.29, 1.82) is 0 Å². The van der Waals surface area contributed by atoms with Crippen molar-refractivity contribution in [3.05, 3.63) is 51.6 Å². The molecule has 1 aromatic heterocycles. The second kappa shape index (κ2) is 4.85. The quantitative estimate of drug-likeness (QED) is 0.649. The van der Waals surface area contributed by atoms with Gasteiger partial charge in [-0.3, -0.25) is 0 Å². The molecule has 0 atom stereocenters. The Hall–Kier alpha value is -1.14. The van der Waals surface area contributed by atoms with E-state index in [4.69, 9.17) is 0 Å². The first-order valence-electron chi connectivity index (χ1n) is 5.60. The number of nitrogens with zero attached hydrogens (tertiary/aromatic N) is 1. The van der Waals surface area contributed by atoms with Crippen molar-refractivity contribution in [3.8, 4) is 0 Å². The summed E-state index contributed by atoms with van der Waals surface area (Å²) < 4.78 is 2.43. The molecule has 3 aromatic rings. The first-order valence-corrected chi connectivity index (χ1v) is 7.50. The van der Waals surface area contributed by atoms with Crippen molar-refractivity contribution in [2.75, 3.05) is 5.32 Å². The summed E-state index contributed by atoms with van der Waals surface area (Å²) in [7, 11) is 0. The van der Waals surface area contributed by atoms with Gasteiger partial charge in [-0.2, -0.15) is 0 Å². The monoisotopic (exact) mass is 366 g/mol. The largest absolute Gasteiger partial charge is 0.331 e. The van der Waals surface area contributed by atoms with Gasteiger partial charge in [-0.1, -0.05) is 23.5 Å². The number of aryl methyl sites for hydroxylation is 1. The van der Waals surface area contributed by atoms with Gasteiger partial charge in [-0.05, 0) is 65.4 Å². The number of anilines is 2. The maximum absolute atomic E-state index is 4.60. The molecule has 0 spiro atoms. The van der Waals surface area contributed by atoms with Crippen LogP contribution in [0.5, 0.6) is 0 Å². The molecule has 0 unspecified atom stereocenters. The highest BCUT2D eigenvalue weighted by Gasteiger charge is 2.04. The van der Waals surface area contributed by atoms with Gasteiger partial charge in [0.15, 0.2) is 5.13 Å². The van der Waals surface area contributed by atoms with Crippen LogP contribution in [0, 0.1) is 10.5 Å². The molecule has 0 radical (unpaired) electrons. The van der Waals surface area contributed by atoms with E-state index in [9.17, 15) is 0 Å². The standard InChI is InChI=1S/C14H11IN2S/c1-9-5-6-13-12(7-9)17-14(18-13)16-11-4-2-3-10(15)8-11/h2-8H,1H3,(H,16,17). The number of aromatic nitrogens is 1. The molecule has 0 amide bonds. The maximum atomic E-state index is 4.60. The number of hydrogen-bond acceptors (Lipinski definition) is 3. The number of halogens is 1. The molecule has 0 saturated heterocycles. The van der Waals surface area contributed by atoms with Crippen molar-refractivity contribution in [1.82, 2.24) is 4.98 Å². The summed E-state index contributed by atoms with van der Waals surface area (Å²) in [6.45, 7) is 2.09. The Labute approximate surface area is 123 Å². The summed E-state index contributed by atoms with van der Waals surface area (Å²) in [4.78, 5) is 4.60. The van der Waals surface area contributed by atoms with E-state index in [1.807, 2.05) is 6.07 Å². The van der Waals surface area contributed by atoms with Crippen LogP contribution < -0.4 is 5.32 Å². The molecule has 0 bridgehead atoms. The molecule has 0 saturated carbocycles. The number of nitrogens with one attached hydrogen (secondary N) is 1. The Balaban J connectivity index is 1.95. The van der Waals surface area contributed by atoms with Crippen LogP contribution in [0.25, 0.3) is 10.2 Å². The van der Waals surface area contributed by atoms with E-state index in [0.29, 0.717) is 0 Å². The zero-order chi connectivity index (χ0) is 12.5. The topological polar surface area (TPSA) is 24.9 Å². The predicted octanol–water partition coefficient (Wildman–Crippen LogP) is 4.95. The fraction of sp³-hybridized carbons (Fsp3) is 0.0714. The fourth-order valence-electron chi connectivity index (χ4n) is 1.78. The van der Waals surface area contributed by atoms with E-state index in [0.717, 1.165) is 16.3 Å². The third-order valence-corrected chi connectivity index (χ3v) is 4.24. The molecule has 0 aliphatic carbocycles. The maximum Gasteiger partial charge on any atom is 0.188 e. The van der Waals surface area contributed by atoms with Gasteiger partial charge in [0.25, 0.3) is 0 Å². The number of benzene rings is 2. The summed E-state index contributed by atoms with van der Waals surface area (Å²) in [5, 5.41) is 4.30. The SMILES string of the molecule is Cc1ccc2sc(Nc3cccc(I)c3)nc2c1. The number of rotatable bonds is 2. The molecule has 0 aliphatic rings. The number of thiazole rings is 1. The van der Waals surface area contributed by atoms with E-state index in [2.05, 4.69) is 76.2 Å². The Morgan fingerprint density at radius 3 is 2.89 bits per heavy atom. The van der Waals surface area contributed by atoms with Gasteiger partial charge < -0.3 is 5.32 Å². The van der Waals surface area contributed by atoms with Gasteiger partial charge in [0, 0.05) is 9.26 Å². The van der Waals surface area contributed by atoms with Gasteiger partial charge in [0.2, 0.25) is 0 Å². The Morgan fingerprint density at radius 2 is 2.06 bits per heavy atom. The first kappa shape index (κ1) is 11.9. The highest BCUT2D eigenvalue weighted by atomic mass is 127. The lowest BCUT2D eigenvalue weighted by Crippen LogP contribution is -1.88. The van der Waals surface area contributed by atoms with Crippen LogP contribution >= 0.6 is 33.9 Å². The van der Waals surface area contributed by atoms with Crippen molar-refractivity contribution in [2.45, 2.75) is 6.92 Å². The van der Waals surface area contributed by atoms with Crippen molar-refractivity contribution < 1.29 is 0 Å². The minimum absolute atomic E-state index is 0.942. The lowest BCUT2D eigenvalue weighted by atomic mass is 10.2. The smallest absolute Gasteiger partial charge is 0.188 e. The Morgan fingerprint density at radius 1 is 1.17 bits per heavy atom. The summed E-state index contributed by atoms with van der Waals surface area (Å²) in [6.07, 6.45) is 0.